The van der Waals surface area contributed by atoms with Gasteiger partial charge in [0.1, 0.15) is 5.75 Å². The van der Waals surface area contributed by atoms with E-state index in [1.165, 1.54) is 0 Å². The summed E-state index contributed by atoms with van der Waals surface area (Å²) in [4.78, 5) is 0. The summed E-state index contributed by atoms with van der Waals surface area (Å²) in [5.41, 5.74) is 7.36. The molecule has 2 N–H and O–H groups in total. The molecular weight excluding hydrogens is 242 g/mol. The lowest BCUT2D eigenvalue weighted by molar-refractivity contribution is 0.199. The summed E-state index contributed by atoms with van der Waals surface area (Å²) in [7, 11) is 1.63. The Morgan fingerprint density at radius 2 is 2.16 bits per heavy atom. The van der Waals surface area contributed by atoms with Crippen molar-refractivity contribution in [2.45, 2.75) is 25.8 Å². The van der Waals surface area contributed by atoms with Crippen LogP contribution in [0.3, 0.4) is 0 Å². The lowest BCUT2D eigenvalue weighted by atomic mass is 9.82. The maximum absolute atomic E-state index is 5.85. The molecule has 0 saturated heterocycles. The number of ether oxygens (including phenoxy) is 1. The summed E-state index contributed by atoms with van der Waals surface area (Å²) >= 11 is 0. The van der Waals surface area contributed by atoms with Crippen molar-refractivity contribution < 1.29 is 4.74 Å². The van der Waals surface area contributed by atoms with E-state index in [1.807, 2.05) is 22.9 Å². The highest BCUT2D eigenvalue weighted by Gasteiger charge is 2.30. The Kier molecular flexibility index (Phi) is 2.85. The van der Waals surface area contributed by atoms with Gasteiger partial charge in [0, 0.05) is 5.69 Å². The van der Waals surface area contributed by atoms with Crippen molar-refractivity contribution in [3.05, 3.63) is 18.2 Å². The van der Waals surface area contributed by atoms with Crippen LogP contribution in [0.2, 0.25) is 0 Å². The number of nitrogens with two attached hydrogens (primary N) is 1. The molecule has 1 fully saturated rings. The molecule has 1 saturated carbocycles. The van der Waals surface area contributed by atoms with Crippen LogP contribution in [0.4, 0.5) is 5.69 Å². The van der Waals surface area contributed by atoms with Crippen LogP contribution in [0, 0.1) is 5.92 Å². The van der Waals surface area contributed by atoms with Crippen LogP contribution in [0.25, 0.3) is 11.4 Å². The molecule has 0 bridgehead atoms. The first-order valence-electron chi connectivity index (χ1n) is 6.40. The van der Waals surface area contributed by atoms with E-state index in [0.29, 0.717) is 11.7 Å². The van der Waals surface area contributed by atoms with Gasteiger partial charge < -0.3 is 10.5 Å². The van der Waals surface area contributed by atoms with Crippen molar-refractivity contribution in [1.82, 2.24) is 20.2 Å². The fourth-order valence-corrected chi connectivity index (χ4v) is 2.58. The molecule has 1 aliphatic carbocycles. The Hall–Kier alpha value is -2.11. The van der Waals surface area contributed by atoms with Gasteiger partial charge in [-0.1, -0.05) is 6.92 Å². The third kappa shape index (κ3) is 2.03. The average molecular weight is 259 g/mol. The second-order valence-electron chi connectivity index (χ2n) is 5.14. The lowest BCUT2D eigenvalue weighted by Gasteiger charge is -2.32. The molecule has 0 radical (unpaired) electrons. The zero-order valence-corrected chi connectivity index (χ0v) is 11.1. The van der Waals surface area contributed by atoms with Gasteiger partial charge in [-0.2, -0.15) is 0 Å². The third-order valence-corrected chi connectivity index (χ3v) is 3.65. The molecule has 0 spiro atoms. The summed E-state index contributed by atoms with van der Waals surface area (Å²) in [6.07, 6.45) is 2.23. The summed E-state index contributed by atoms with van der Waals surface area (Å²) < 4.78 is 7.25. The zero-order chi connectivity index (χ0) is 13.4. The van der Waals surface area contributed by atoms with Gasteiger partial charge in [-0.3, -0.25) is 0 Å². The number of anilines is 1. The van der Waals surface area contributed by atoms with Crippen molar-refractivity contribution in [3.63, 3.8) is 0 Å². The first-order chi connectivity index (χ1) is 9.19. The topological polar surface area (TPSA) is 78.8 Å². The Balaban J connectivity index is 2.03. The standard InChI is InChI=1S/C13H17N5O/c1-8-5-10(6-8)18-13(15-16-17-18)11-7-9(14)3-4-12(11)19-2/h3-4,7-8,10H,5-6,14H2,1-2H3. The number of aromatic nitrogens is 4. The molecule has 2 aromatic rings. The Morgan fingerprint density at radius 3 is 2.84 bits per heavy atom. The molecule has 1 heterocycles. The minimum absolute atomic E-state index is 0.381. The number of hydrogen-bond acceptors (Lipinski definition) is 5. The van der Waals surface area contributed by atoms with E-state index >= 15 is 0 Å². The molecule has 1 aliphatic rings. The van der Waals surface area contributed by atoms with Crippen molar-refractivity contribution in [1.29, 1.82) is 0 Å². The first-order valence-corrected chi connectivity index (χ1v) is 6.40. The van der Waals surface area contributed by atoms with E-state index in [0.717, 1.165) is 35.9 Å². The Bertz CT molecular complexity index is 588. The Morgan fingerprint density at radius 1 is 1.37 bits per heavy atom. The molecule has 3 rings (SSSR count). The predicted octanol–water partition coefficient (Wildman–Crippen LogP) is 1.90. The van der Waals surface area contributed by atoms with E-state index in [2.05, 4.69) is 22.4 Å². The second kappa shape index (κ2) is 4.53. The summed E-state index contributed by atoms with van der Waals surface area (Å²) in [5, 5.41) is 12.0. The number of tetrazole rings is 1. The highest BCUT2D eigenvalue weighted by molar-refractivity contribution is 5.68. The van der Waals surface area contributed by atoms with Crippen molar-refractivity contribution >= 4 is 5.69 Å². The second-order valence-corrected chi connectivity index (χ2v) is 5.14. The lowest BCUT2D eigenvalue weighted by Crippen LogP contribution is -2.26. The van der Waals surface area contributed by atoms with Crippen molar-refractivity contribution in [2.75, 3.05) is 12.8 Å². The highest BCUT2D eigenvalue weighted by Crippen LogP contribution is 2.40. The van der Waals surface area contributed by atoms with Crippen molar-refractivity contribution in [3.8, 4) is 17.1 Å². The minimum Gasteiger partial charge on any atom is -0.496 e. The average Bonchev–Trinajstić information content (AvgIpc) is 2.83. The fraction of sp³-hybridized carbons (Fsp3) is 0.462. The van der Waals surface area contributed by atoms with E-state index < -0.39 is 0 Å². The number of methoxy groups -OCH3 is 1. The molecule has 6 nitrogen and oxygen atoms in total. The molecule has 1 aromatic carbocycles. The van der Waals surface area contributed by atoms with Crippen LogP contribution in [0.15, 0.2) is 18.2 Å². The Labute approximate surface area is 111 Å². The molecule has 6 heteroatoms. The van der Waals surface area contributed by atoms with Crippen LogP contribution in [-0.2, 0) is 0 Å². The molecule has 0 unspecified atom stereocenters. The molecule has 1 aromatic heterocycles. The summed E-state index contributed by atoms with van der Waals surface area (Å²) in [5.74, 6) is 2.20. The molecule has 0 amide bonds. The minimum atomic E-state index is 0.381. The van der Waals surface area contributed by atoms with Gasteiger partial charge in [0.05, 0.1) is 18.7 Å². The third-order valence-electron chi connectivity index (χ3n) is 3.65. The van der Waals surface area contributed by atoms with Crippen LogP contribution >= 0.6 is 0 Å². The van der Waals surface area contributed by atoms with E-state index in [9.17, 15) is 0 Å². The van der Waals surface area contributed by atoms with E-state index in [4.69, 9.17) is 10.5 Å². The maximum atomic E-state index is 5.85. The maximum Gasteiger partial charge on any atom is 0.186 e. The van der Waals surface area contributed by atoms with Gasteiger partial charge in [-0.05, 0) is 47.4 Å². The number of nitrogens with zero attached hydrogens (tertiary/aromatic N) is 4. The van der Waals surface area contributed by atoms with E-state index in [-0.39, 0.29) is 0 Å². The number of hydrogen-bond donors (Lipinski definition) is 1. The molecule has 100 valence electrons. The number of benzene rings is 1. The molecule has 0 aliphatic heterocycles. The number of nitrogen functional groups attached to an aromatic ring is 1. The first kappa shape index (κ1) is 12.0. The normalized spacial score (nSPS) is 22.0. The summed E-state index contributed by atoms with van der Waals surface area (Å²) in [6, 6.07) is 5.88. The smallest absolute Gasteiger partial charge is 0.186 e. The van der Waals surface area contributed by atoms with Gasteiger partial charge in [0.25, 0.3) is 0 Å². The zero-order valence-electron chi connectivity index (χ0n) is 11.1. The molecule has 19 heavy (non-hydrogen) atoms. The van der Waals surface area contributed by atoms with Crippen LogP contribution in [0.5, 0.6) is 5.75 Å². The largest absolute Gasteiger partial charge is 0.496 e. The summed E-state index contributed by atoms with van der Waals surface area (Å²) in [6.45, 7) is 2.24. The quantitative estimate of drug-likeness (QED) is 0.852. The SMILES string of the molecule is COc1ccc(N)cc1-c1nnnn1C1CC(C)C1. The van der Waals surface area contributed by atoms with Gasteiger partial charge in [0.2, 0.25) is 0 Å². The highest BCUT2D eigenvalue weighted by atomic mass is 16.5. The van der Waals surface area contributed by atoms with Crippen LogP contribution in [-0.4, -0.2) is 27.3 Å². The predicted molar refractivity (Wildman–Crippen MR) is 71.7 cm³/mol. The van der Waals surface area contributed by atoms with Gasteiger partial charge in [0.15, 0.2) is 5.82 Å². The van der Waals surface area contributed by atoms with Crippen LogP contribution in [0.1, 0.15) is 25.8 Å². The van der Waals surface area contributed by atoms with Crippen molar-refractivity contribution in [2.24, 2.45) is 5.92 Å². The molecule has 0 atom stereocenters. The van der Waals surface area contributed by atoms with Crippen LogP contribution < -0.4 is 10.5 Å². The molecular formula is C13H17N5O. The fourth-order valence-electron chi connectivity index (χ4n) is 2.58. The van der Waals surface area contributed by atoms with Gasteiger partial charge in [-0.15, -0.1) is 5.10 Å². The van der Waals surface area contributed by atoms with E-state index in [1.54, 1.807) is 7.11 Å². The van der Waals surface area contributed by atoms with Gasteiger partial charge >= 0.3 is 0 Å². The number of rotatable bonds is 3. The van der Waals surface area contributed by atoms with Gasteiger partial charge in [-0.25, -0.2) is 4.68 Å². The monoisotopic (exact) mass is 259 g/mol.